The molecule has 0 atom stereocenters. The quantitative estimate of drug-likeness (QED) is 0.804. The van der Waals surface area contributed by atoms with Crippen LogP contribution >= 0.6 is 11.6 Å². The van der Waals surface area contributed by atoms with Gasteiger partial charge in [-0.25, -0.2) is 0 Å². The van der Waals surface area contributed by atoms with Crippen LogP contribution in [0.15, 0.2) is 30.3 Å². The van der Waals surface area contributed by atoms with Gasteiger partial charge in [0.1, 0.15) is 5.02 Å². The van der Waals surface area contributed by atoms with Gasteiger partial charge in [0.15, 0.2) is 11.6 Å². The third-order valence-electron chi connectivity index (χ3n) is 5.24. The fraction of sp³-hybridized carbons (Fsp3) is 0.450. The van der Waals surface area contributed by atoms with Crippen LogP contribution < -0.4 is 14.7 Å². The van der Waals surface area contributed by atoms with Crippen LogP contribution in [-0.4, -0.2) is 49.1 Å². The molecule has 142 valence electrons. The standard InChI is InChI=1S/C20H24ClN5O/c1-24(19(27)15-9-3-2-4-10-15)17-16(21)18(25-11-5-6-12-25)23-20(22-17)26-13-7-8-14-26/h2-4,9-10H,5-8,11-14H2,1H3. The van der Waals surface area contributed by atoms with Crippen molar-refractivity contribution in [3.8, 4) is 0 Å². The van der Waals surface area contributed by atoms with E-state index in [9.17, 15) is 4.79 Å². The van der Waals surface area contributed by atoms with Crippen LogP contribution in [0.25, 0.3) is 0 Å². The van der Waals surface area contributed by atoms with Crippen molar-refractivity contribution in [3.05, 3.63) is 40.9 Å². The van der Waals surface area contributed by atoms with Gasteiger partial charge >= 0.3 is 0 Å². The van der Waals surface area contributed by atoms with E-state index in [1.54, 1.807) is 24.1 Å². The van der Waals surface area contributed by atoms with E-state index in [0.29, 0.717) is 22.4 Å². The van der Waals surface area contributed by atoms with Crippen LogP contribution in [0.2, 0.25) is 5.02 Å². The minimum atomic E-state index is -0.129. The molecule has 2 aromatic rings. The molecule has 0 bridgehead atoms. The van der Waals surface area contributed by atoms with E-state index in [4.69, 9.17) is 21.6 Å². The highest BCUT2D eigenvalue weighted by Crippen LogP contribution is 2.36. The van der Waals surface area contributed by atoms with E-state index in [0.717, 1.165) is 57.7 Å². The van der Waals surface area contributed by atoms with Gasteiger partial charge in [0, 0.05) is 38.8 Å². The van der Waals surface area contributed by atoms with Crippen molar-refractivity contribution in [1.29, 1.82) is 0 Å². The van der Waals surface area contributed by atoms with E-state index >= 15 is 0 Å². The molecular weight excluding hydrogens is 362 g/mol. The second-order valence-electron chi connectivity index (χ2n) is 7.10. The summed E-state index contributed by atoms with van der Waals surface area (Å²) in [6.45, 7) is 3.76. The van der Waals surface area contributed by atoms with Crippen LogP contribution in [0.3, 0.4) is 0 Å². The fourth-order valence-electron chi connectivity index (χ4n) is 3.70. The molecule has 6 nitrogen and oxygen atoms in total. The average molecular weight is 386 g/mol. The molecule has 1 amide bonds. The number of amides is 1. The summed E-state index contributed by atoms with van der Waals surface area (Å²) in [5, 5.41) is 0.451. The highest BCUT2D eigenvalue weighted by molar-refractivity contribution is 6.36. The van der Waals surface area contributed by atoms with Crippen molar-refractivity contribution in [1.82, 2.24) is 9.97 Å². The van der Waals surface area contributed by atoms with Gasteiger partial charge in [-0.1, -0.05) is 29.8 Å². The molecule has 4 rings (SSSR count). The maximum Gasteiger partial charge on any atom is 0.259 e. The lowest BCUT2D eigenvalue weighted by atomic mass is 10.2. The maximum absolute atomic E-state index is 12.9. The lowest BCUT2D eigenvalue weighted by Gasteiger charge is -2.26. The summed E-state index contributed by atoms with van der Waals surface area (Å²) >= 11 is 6.71. The highest BCUT2D eigenvalue weighted by Gasteiger charge is 2.27. The number of halogens is 1. The molecule has 0 spiro atoms. The van der Waals surface area contributed by atoms with Crippen molar-refractivity contribution in [2.75, 3.05) is 47.9 Å². The van der Waals surface area contributed by atoms with E-state index < -0.39 is 0 Å². The van der Waals surface area contributed by atoms with Crippen LogP contribution in [0.1, 0.15) is 36.0 Å². The minimum absolute atomic E-state index is 0.129. The van der Waals surface area contributed by atoms with Crippen LogP contribution in [0, 0.1) is 0 Å². The summed E-state index contributed by atoms with van der Waals surface area (Å²) in [6.07, 6.45) is 4.54. The number of benzene rings is 1. The molecule has 7 heteroatoms. The molecule has 0 saturated carbocycles. The van der Waals surface area contributed by atoms with E-state index in [1.165, 1.54) is 0 Å². The number of hydrogen-bond donors (Lipinski definition) is 0. The fourth-order valence-corrected chi connectivity index (χ4v) is 4.03. The minimum Gasteiger partial charge on any atom is -0.355 e. The average Bonchev–Trinajstić information content (AvgIpc) is 3.42. The van der Waals surface area contributed by atoms with E-state index in [-0.39, 0.29) is 5.91 Å². The molecule has 2 aliphatic rings. The molecule has 0 aliphatic carbocycles. The van der Waals surface area contributed by atoms with Crippen molar-refractivity contribution < 1.29 is 4.79 Å². The largest absolute Gasteiger partial charge is 0.355 e. The molecule has 1 aromatic carbocycles. The SMILES string of the molecule is CN(C(=O)c1ccccc1)c1nc(N2CCCC2)nc(N2CCCC2)c1Cl. The van der Waals surface area contributed by atoms with Gasteiger partial charge in [0.2, 0.25) is 5.95 Å². The van der Waals surface area contributed by atoms with Gasteiger partial charge in [0.25, 0.3) is 5.91 Å². The number of aromatic nitrogens is 2. The molecule has 0 radical (unpaired) electrons. The van der Waals surface area contributed by atoms with Crippen molar-refractivity contribution in [2.24, 2.45) is 0 Å². The Labute approximate surface area is 164 Å². The van der Waals surface area contributed by atoms with Gasteiger partial charge in [0.05, 0.1) is 0 Å². The van der Waals surface area contributed by atoms with E-state index in [1.807, 2.05) is 18.2 Å². The summed E-state index contributed by atoms with van der Waals surface area (Å²) in [5.74, 6) is 1.76. The van der Waals surface area contributed by atoms with Gasteiger partial charge in [-0.15, -0.1) is 0 Å². The molecule has 1 aromatic heterocycles. The van der Waals surface area contributed by atoms with Gasteiger partial charge in [-0.2, -0.15) is 9.97 Å². The Morgan fingerprint density at radius 1 is 0.963 bits per heavy atom. The number of anilines is 3. The number of hydrogen-bond acceptors (Lipinski definition) is 5. The Bertz CT molecular complexity index is 817. The van der Waals surface area contributed by atoms with Crippen LogP contribution in [-0.2, 0) is 0 Å². The molecule has 0 unspecified atom stereocenters. The number of nitrogens with zero attached hydrogens (tertiary/aromatic N) is 5. The second-order valence-corrected chi connectivity index (χ2v) is 7.48. The predicted octanol–water partition coefficient (Wildman–Crippen LogP) is 3.61. The Kier molecular flexibility index (Phi) is 5.16. The van der Waals surface area contributed by atoms with Crippen LogP contribution in [0.4, 0.5) is 17.6 Å². The monoisotopic (exact) mass is 385 g/mol. The van der Waals surface area contributed by atoms with Gasteiger partial charge in [-0.3, -0.25) is 9.69 Å². The lowest BCUT2D eigenvalue weighted by molar-refractivity contribution is 0.0992. The number of carbonyl (C=O) groups is 1. The molecule has 2 fully saturated rings. The normalized spacial score (nSPS) is 16.8. The smallest absolute Gasteiger partial charge is 0.259 e. The zero-order chi connectivity index (χ0) is 18.8. The zero-order valence-electron chi connectivity index (χ0n) is 15.6. The molecule has 27 heavy (non-hydrogen) atoms. The molecular formula is C20H24ClN5O. The second kappa shape index (κ2) is 7.72. The van der Waals surface area contributed by atoms with Crippen molar-refractivity contribution in [3.63, 3.8) is 0 Å². The first kappa shape index (κ1) is 18.0. The third kappa shape index (κ3) is 3.58. The molecule has 0 N–H and O–H groups in total. The Morgan fingerprint density at radius 2 is 1.56 bits per heavy atom. The topological polar surface area (TPSA) is 52.6 Å². The first-order chi connectivity index (χ1) is 13.1. The Morgan fingerprint density at radius 3 is 2.19 bits per heavy atom. The number of rotatable bonds is 4. The van der Waals surface area contributed by atoms with Crippen LogP contribution in [0.5, 0.6) is 0 Å². The summed E-state index contributed by atoms with van der Waals surface area (Å²) in [6, 6.07) is 9.21. The molecule has 2 aliphatic heterocycles. The summed E-state index contributed by atoms with van der Waals surface area (Å²) < 4.78 is 0. The zero-order valence-corrected chi connectivity index (χ0v) is 16.3. The van der Waals surface area contributed by atoms with Crippen molar-refractivity contribution >= 4 is 35.1 Å². The number of carbonyl (C=O) groups excluding carboxylic acids is 1. The summed E-state index contributed by atoms with van der Waals surface area (Å²) in [4.78, 5) is 28.3. The lowest BCUT2D eigenvalue weighted by Crippen LogP contribution is -2.30. The Balaban J connectivity index is 1.74. The first-order valence-corrected chi connectivity index (χ1v) is 9.93. The maximum atomic E-state index is 12.9. The third-order valence-corrected chi connectivity index (χ3v) is 5.58. The van der Waals surface area contributed by atoms with Gasteiger partial charge in [-0.05, 0) is 37.8 Å². The van der Waals surface area contributed by atoms with Crippen molar-refractivity contribution in [2.45, 2.75) is 25.7 Å². The molecule has 3 heterocycles. The Hall–Kier alpha value is -2.34. The predicted molar refractivity (Wildman–Crippen MR) is 109 cm³/mol. The first-order valence-electron chi connectivity index (χ1n) is 9.55. The summed E-state index contributed by atoms with van der Waals surface area (Å²) in [5.41, 5.74) is 0.611. The summed E-state index contributed by atoms with van der Waals surface area (Å²) in [7, 11) is 1.73. The van der Waals surface area contributed by atoms with E-state index in [2.05, 4.69) is 9.80 Å². The highest BCUT2D eigenvalue weighted by atomic mass is 35.5. The molecule has 2 saturated heterocycles. The van der Waals surface area contributed by atoms with Gasteiger partial charge < -0.3 is 9.80 Å².